The van der Waals surface area contributed by atoms with Gasteiger partial charge in [-0.25, -0.2) is 0 Å². The summed E-state index contributed by atoms with van der Waals surface area (Å²) >= 11 is 2.04. The lowest BCUT2D eigenvalue weighted by molar-refractivity contribution is 0.872. The van der Waals surface area contributed by atoms with Crippen LogP contribution in [0.15, 0.2) is 53.6 Å². The Morgan fingerprint density at radius 1 is 1.08 bits per heavy atom. The molecule has 0 bridgehead atoms. The van der Waals surface area contributed by atoms with Crippen LogP contribution in [0.25, 0.3) is 15.7 Å². The van der Waals surface area contributed by atoms with Crippen molar-refractivity contribution in [1.29, 1.82) is 0 Å². The molecule has 0 radical (unpaired) electrons. The van der Waals surface area contributed by atoms with Crippen molar-refractivity contribution in [1.82, 2.24) is 0 Å². The van der Waals surface area contributed by atoms with E-state index >= 15 is 0 Å². The molecule has 2 atom stereocenters. The first-order valence-electron chi connectivity index (χ1n) is 8.84. The van der Waals surface area contributed by atoms with E-state index in [-0.39, 0.29) is 5.04 Å². The van der Waals surface area contributed by atoms with Crippen molar-refractivity contribution in [2.24, 2.45) is 0 Å². The second kappa shape index (κ2) is 5.06. The van der Waals surface area contributed by atoms with E-state index in [1.807, 2.05) is 11.3 Å². The van der Waals surface area contributed by atoms with Gasteiger partial charge in [-0.1, -0.05) is 67.6 Å². The minimum absolute atomic E-state index is 0.237. The standard InChI is InChI=1S/C22H26SSi/c1-14-11-12-22(4,13-14)24(5,6)21-16(3)15(2)19-17-9-7-8-10-18(17)23-20(19)21/h7-13,21H,1-6H3. The van der Waals surface area contributed by atoms with E-state index in [0.717, 1.165) is 0 Å². The Bertz CT molecular complexity index is 938. The van der Waals surface area contributed by atoms with E-state index in [4.69, 9.17) is 0 Å². The van der Waals surface area contributed by atoms with Gasteiger partial charge in [0.2, 0.25) is 0 Å². The van der Waals surface area contributed by atoms with Gasteiger partial charge in [0.15, 0.2) is 0 Å². The smallest absolute Gasteiger partial charge is 0.0756 e. The van der Waals surface area contributed by atoms with Crippen LogP contribution in [0, 0.1) is 0 Å². The molecule has 0 fully saturated rings. The third-order valence-electron chi connectivity index (χ3n) is 6.61. The molecule has 0 nitrogen and oxygen atoms in total. The number of hydrogen-bond donors (Lipinski definition) is 0. The Labute approximate surface area is 150 Å². The number of rotatable bonds is 2. The van der Waals surface area contributed by atoms with E-state index < -0.39 is 8.07 Å². The maximum absolute atomic E-state index is 2.59. The summed E-state index contributed by atoms with van der Waals surface area (Å²) in [5.41, 5.74) is 6.74. The molecule has 1 heterocycles. The quantitative estimate of drug-likeness (QED) is 0.498. The van der Waals surface area contributed by atoms with Crippen LogP contribution < -0.4 is 0 Å². The largest absolute Gasteiger partial charge is 0.139 e. The second-order valence-corrected chi connectivity index (χ2v) is 14.5. The number of hydrogen-bond acceptors (Lipinski definition) is 1. The maximum Gasteiger partial charge on any atom is 0.0756 e. The normalized spacial score (nSPS) is 26.4. The fraction of sp³-hybridized carbons (Fsp3) is 0.364. The zero-order valence-corrected chi connectivity index (χ0v) is 17.3. The van der Waals surface area contributed by atoms with Gasteiger partial charge < -0.3 is 0 Å². The molecule has 1 aromatic heterocycles. The first-order chi connectivity index (χ1) is 11.3. The van der Waals surface area contributed by atoms with Gasteiger partial charge in [-0.3, -0.25) is 0 Å². The molecule has 2 unspecified atom stereocenters. The van der Waals surface area contributed by atoms with Crippen LogP contribution in [-0.2, 0) is 0 Å². The zero-order valence-electron chi connectivity index (χ0n) is 15.5. The van der Waals surface area contributed by atoms with Gasteiger partial charge in [0.1, 0.15) is 0 Å². The molecule has 0 spiro atoms. The van der Waals surface area contributed by atoms with E-state index in [9.17, 15) is 0 Å². The lowest BCUT2D eigenvalue weighted by Crippen LogP contribution is -2.44. The van der Waals surface area contributed by atoms with Gasteiger partial charge in [-0.2, -0.15) is 0 Å². The molecular weight excluding hydrogens is 324 g/mol. The van der Waals surface area contributed by atoms with Crippen LogP contribution >= 0.6 is 11.3 Å². The summed E-state index contributed by atoms with van der Waals surface area (Å²) in [6, 6.07) is 8.94. The van der Waals surface area contributed by atoms with E-state index in [1.165, 1.54) is 21.2 Å². The second-order valence-electron chi connectivity index (χ2n) is 8.30. The van der Waals surface area contributed by atoms with Crippen molar-refractivity contribution in [3.63, 3.8) is 0 Å². The molecule has 0 saturated carbocycles. The van der Waals surface area contributed by atoms with Gasteiger partial charge in [-0.15, -0.1) is 11.3 Å². The average Bonchev–Trinajstić information content (AvgIpc) is 3.14. The molecule has 124 valence electrons. The summed E-state index contributed by atoms with van der Waals surface area (Å²) in [7, 11) is -1.63. The highest BCUT2D eigenvalue weighted by Crippen LogP contribution is 2.59. The molecule has 4 rings (SSSR count). The monoisotopic (exact) mass is 350 g/mol. The van der Waals surface area contributed by atoms with Crippen molar-refractivity contribution < 1.29 is 0 Å². The Morgan fingerprint density at radius 2 is 1.79 bits per heavy atom. The summed E-state index contributed by atoms with van der Waals surface area (Å²) in [6.45, 7) is 14.6. The molecule has 2 aliphatic rings. The van der Waals surface area contributed by atoms with Crippen LogP contribution in [0.3, 0.4) is 0 Å². The van der Waals surface area contributed by atoms with Crippen LogP contribution in [0.1, 0.15) is 43.7 Å². The average molecular weight is 351 g/mol. The first-order valence-corrected chi connectivity index (χ1v) is 12.7. The highest BCUT2D eigenvalue weighted by Gasteiger charge is 2.51. The molecular formula is C22H26SSi. The molecule has 2 aliphatic carbocycles. The minimum atomic E-state index is -1.63. The van der Waals surface area contributed by atoms with Crippen LogP contribution in [-0.4, -0.2) is 8.07 Å². The highest BCUT2D eigenvalue weighted by atomic mass is 32.1. The van der Waals surface area contributed by atoms with Crippen molar-refractivity contribution in [3.05, 3.63) is 64.1 Å². The van der Waals surface area contributed by atoms with Crippen molar-refractivity contribution in [2.75, 3.05) is 0 Å². The van der Waals surface area contributed by atoms with Gasteiger partial charge in [0.05, 0.1) is 8.07 Å². The van der Waals surface area contributed by atoms with Gasteiger partial charge in [0.25, 0.3) is 0 Å². The van der Waals surface area contributed by atoms with Crippen LogP contribution in [0.4, 0.5) is 0 Å². The van der Waals surface area contributed by atoms with E-state index in [1.54, 1.807) is 16.0 Å². The SMILES string of the molecule is CC1=CC(C)([Si](C)(C)C2C(C)=C(C)c3c2sc2ccccc32)C=C1. The number of thiophene rings is 1. The zero-order chi connectivity index (χ0) is 17.3. The Kier molecular flexibility index (Phi) is 3.39. The summed E-state index contributed by atoms with van der Waals surface area (Å²) in [6.07, 6.45) is 7.32. The first kappa shape index (κ1) is 16.1. The number of allylic oxidation sites excluding steroid dienone is 6. The molecule has 0 N–H and O–H groups in total. The minimum Gasteiger partial charge on any atom is -0.139 e. The molecule has 2 aromatic rings. The Hall–Kier alpha value is -1.38. The van der Waals surface area contributed by atoms with Gasteiger partial charge in [-0.05, 0) is 43.0 Å². The molecule has 1 aromatic carbocycles. The van der Waals surface area contributed by atoms with Crippen LogP contribution in [0.5, 0.6) is 0 Å². The number of benzene rings is 1. The summed E-state index contributed by atoms with van der Waals surface area (Å²) < 4.78 is 1.45. The maximum atomic E-state index is 2.59. The predicted molar refractivity (Wildman–Crippen MR) is 112 cm³/mol. The van der Waals surface area contributed by atoms with Crippen molar-refractivity contribution >= 4 is 35.1 Å². The Morgan fingerprint density at radius 3 is 2.46 bits per heavy atom. The molecule has 0 aliphatic heterocycles. The molecule has 0 saturated heterocycles. The summed E-state index contributed by atoms with van der Waals surface area (Å²) in [5.74, 6) is 0. The predicted octanol–water partition coefficient (Wildman–Crippen LogP) is 7.32. The van der Waals surface area contributed by atoms with Crippen molar-refractivity contribution in [3.8, 4) is 0 Å². The third-order valence-corrected chi connectivity index (χ3v) is 13.3. The third kappa shape index (κ3) is 1.96. The van der Waals surface area contributed by atoms with E-state index in [2.05, 4.69) is 83.3 Å². The summed E-state index contributed by atoms with van der Waals surface area (Å²) in [5, 5.41) is 1.70. The lowest BCUT2D eigenvalue weighted by atomic mass is 10.1. The van der Waals surface area contributed by atoms with Gasteiger partial charge >= 0.3 is 0 Å². The lowest BCUT2D eigenvalue weighted by Gasteiger charge is -2.43. The fourth-order valence-corrected chi connectivity index (χ4v) is 10.9. The summed E-state index contributed by atoms with van der Waals surface area (Å²) in [4.78, 5) is 1.63. The Balaban J connectivity index is 1.94. The molecule has 0 amide bonds. The molecule has 2 heteroatoms. The number of fused-ring (bicyclic) bond motifs is 3. The van der Waals surface area contributed by atoms with Gasteiger partial charge in [0, 0.05) is 20.5 Å². The van der Waals surface area contributed by atoms with Crippen LogP contribution in [0.2, 0.25) is 18.1 Å². The highest BCUT2D eigenvalue weighted by molar-refractivity contribution is 7.20. The van der Waals surface area contributed by atoms with E-state index in [0.29, 0.717) is 5.54 Å². The fourth-order valence-electron chi connectivity index (χ4n) is 4.72. The topological polar surface area (TPSA) is 0 Å². The van der Waals surface area contributed by atoms with Crippen molar-refractivity contribution in [2.45, 2.75) is 51.4 Å². The molecule has 24 heavy (non-hydrogen) atoms.